The fourth-order valence-corrected chi connectivity index (χ4v) is 3.75. The van der Waals surface area contributed by atoms with Gasteiger partial charge in [0, 0.05) is 31.7 Å². The molecule has 2 aliphatic heterocycles. The predicted octanol–water partition coefficient (Wildman–Crippen LogP) is 0.785. The number of hydrogen-bond acceptors (Lipinski definition) is 5. The fourth-order valence-electron chi connectivity index (χ4n) is 3.75. The van der Waals surface area contributed by atoms with Crippen molar-refractivity contribution in [3.05, 3.63) is 29.1 Å². The minimum atomic E-state index is -0.0289. The highest BCUT2D eigenvalue weighted by molar-refractivity contribution is 5.92. The summed E-state index contributed by atoms with van der Waals surface area (Å²) in [6.45, 7) is 6.12. The average Bonchev–Trinajstić information content (AvgIpc) is 3.18. The van der Waals surface area contributed by atoms with Crippen LogP contribution in [0.3, 0.4) is 0 Å². The van der Waals surface area contributed by atoms with Crippen molar-refractivity contribution in [3.63, 3.8) is 0 Å². The molecule has 4 rings (SSSR count). The summed E-state index contributed by atoms with van der Waals surface area (Å²) in [5, 5.41) is 13.2. The van der Waals surface area contributed by atoms with Crippen molar-refractivity contribution in [2.45, 2.75) is 38.8 Å². The normalized spacial score (nSPS) is 19.2. The van der Waals surface area contributed by atoms with Crippen LogP contribution in [0.25, 0.3) is 0 Å². The van der Waals surface area contributed by atoms with Crippen LogP contribution in [0, 0.1) is 6.92 Å². The summed E-state index contributed by atoms with van der Waals surface area (Å²) in [7, 11) is 4.02. The summed E-state index contributed by atoms with van der Waals surface area (Å²) in [5.41, 5.74) is 1.48. The number of amides is 1. The predicted molar refractivity (Wildman–Crippen MR) is 92.2 cm³/mol. The molecule has 1 amide bonds. The van der Waals surface area contributed by atoms with Gasteiger partial charge in [-0.2, -0.15) is 5.10 Å². The monoisotopic (exact) mass is 343 g/mol. The van der Waals surface area contributed by atoms with E-state index in [-0.39, 0.29) is 5.91 Å². The number of nitrogens with zero attached hydrogens (tertiary/aromatic N) is 7. The van der Waals surface area contributed by atoms with Gasteiger partial charge in [-0.05, 0) is 46.0 Å². The number of aryl methyl sites for hydroxylation is 2. The van der Waals surface area contributed by atoms with E-state index < -0.39 is 0 Å². The van der Waals surface area contributed by atoms with Gasteiger partial charge in [-0.1, -0.05) is 0 Å². The lowest BCUT2D eigenvalue weighted by molar-refractivity contribution is 0.0698. The van der Waals surface area contributed by atoms with Crippen molar-refractivity contribution < 1.29 is 4.79 Å². The lowest BCUT2D eigenvalue weighted by Crippen LogP contribution is -2.39. The van der Waals surface area contributed by atoms with Gasteiger partial charge in [0.1, 0.15) is 5.82 Å². The van der Waals surface area contributed by atoms with Gasteiger partial charge in [-0.15, -0.1) is 10.2 Å². The summed E-state index contributed by atoms with van der Waals surface area (Å²) in [4.78, 5) is 16.9. The Morgan fingerprint density at radius 3 is 2.56 bits per heavy atom. The van der Waals surface area contributed by atoms with Gasteiger partial charge in [-0.3, -0.25) is 9.48 Å². The topological polar surface area (TPSA) is 72.1 Å². The van der Waals surface area contributed by atoms with Gasteiger partial charge >= 0.3 is 0 Å². The molecule has 1 saturated heterocycles. The first-order chi connectivity index (χ1) is 12.0. The molecule has 8 nitrogen and oxygen atoms in total. The van der Waals surface area contributed by atoms with Crippen molar-refractivity contribution in [3.8, 4) is 0 Å². The molecule has 0 radical (unpaired) electrons. The van der Waals surface area contributed by atoms with E-state index >= 15 is 0 Å². The van der Waals surface area contributed by atoms with Crippen LogP contribution in [0.4, 0.5) is 0 Å². The lowest BCUT2D eigenvalue weighted by Gasteiger charge is -2.31. The SMILES string of the molecule is Cc1cc(C(=O)N2CCn3c(nnc3C3CCN(C)CC3)C2)nn1C. The van der Waals surface area contributed by atoms with Crippen LogP contribution in [0.15, 0.2) is 6.07 Å². The number of likely N-dealkylation sites (tertiary alicyclic amines) is 1. The van der Waals surface area contributed by atoms with Crippen molar-refractivity contribution >= 4 is 5.91 Å². The van der Waals surface area contributed by atoms with Crippen LogP contribution >= 0.6 is 0 Å². The Balaban J connectivity index is 1.50. The molecular weight excluding hydrogens is 318 g/mol. The second kappa shape index (κ2) is 6.25. The molecule has 2 aromatic rings. The summed E-state index contributed by atoms with van der Waals surface area (Å²) in [5.74, 6) is 2.45. The number of rotatable bonds is 2. The number of fused-ring (bicyclic) bond motifs is 1. The maximum absolute atomic E-state index is 12.7. The highest BCUT2D eigenvalue weighted by Crippen LogP contribution is 2.28. The zero-order chi connectivity index (χ0) is 17.6. The quantitative estimate of drug-likeness (QED) is 0.806. The van der Waals surface area contributed by atoms with Crippen LogP contribution in [0.1, 0.15) is 46.6 Å². The number of piperidine rings is 1. The molecule has 4 heterocycles. The van der Waals surface area contributed by atoms with Gasteiger partial charge < -0.3 is 14.4 Å². The van der Waals surface area contributed by atoms with E-state index in [0.717, 1.165) is 49.8 Å². The summed E-state index contributed by atoms with van der Waals surface area (Å²) in [6.07, 6.45) is 2.26. The molecule has 0 spiro atoms. The first-order valence-corrected chi connectivity index (χ1v) is 8.93. The van der Waals surface area contributed by atoms with Gasteiger partial charge in [-0.25, -0.2) is 0 Å². The minimum Gasteiger partial charge on any atom is -0.328 e. The van der Waals surface area contributed by atoms with E-state index in [2.05, 4.69) is 31.8 Å². The molecule has 8 heteroatoms. The smallest absolute Gasteiger partial charge is 0.274 e. The molecule has 2 aromatic heterocycles. The van der Waals surface area contributed by atoms with Gasteiger partial charge in [0.05, 0.1) is 6.54 Å². The van der Waals surface area contributed by atoms with Gasteiger partial charge in [0.25, 0.3) is 5.91 Å². The second-order valence-electron chi connectivity index (χ2n) is 7.22. The number of carbonyl (C=O) groups excluding carboxylic acids is 1. The molecule has 0 saturated carbocycles. The molecule has 0 N–H and O–H groups in total. The number of aromatic nitrogens is 5. The molecular formula is C17H25N7O. The number of carbonyl (C=O) groups is 1. The second-order valence-corrected chi connectivity index (χ2v) is 7.22. The third kappa shape index (κ3) is 2.95. The fraction of sp³-hybridized carbons (Fsp3) is 0.647. The van der Waals surface area contributed by atoms with Crippen molar-refractivity contribution in [1.29, 1.82) is 0 Å². The molecule has 0 atom stereocenters. The molecule has 25 heavy (non-hydrogen) atoms. The highest BCUT2D eigenvalue weighted by atomic mass is 16.2. The van der Waals surface area contributed by atoms with Crippen LogP contribution in [-0.2, 0) is 20.1 Å². The Labute approximate surface area is 147 Å². The zero-order valence-corrected chi connectivity index (χ0v) is 15.1. The van der Waals surface area contributed by atoms with E-state index in [1.54, 1.807) is 4.68 Å². The first kappa shape index (κ1) is 16.3. The largest absolute Gasteiger partial charge is 0.328 e. The zero-order valence-electron chi connectivity index (χ0n) is 15.1. The van der Waals surface area contributed by atoms with Crippen LogP contribution in [-0.4, -0.2) is 66.9 Å². The van der Waals surface area contributed by atoms with Gasteiger partial charge in [0.15, 0.2) is 11.5 Å². The Morgan fingerprint density at radius 2 is 1.88 bits per heavy atom. The van der Waals surface area contributed by atoms with E-state index in [9.17, 15) is 4.79 Å². The standard InChI is InChI=1S/C17H25N7O/c1-12-10-14(20-22(12)3)17(25)23-8-9-24-15(11-23)18-19-16(24)13-4-6-21(2)7-5-13/h10,13H,4-9,11H2,1-3H3. The summed E-state index contributed by atoms with van der Waals surface area (Å²) < 4.78 is 3.96. The van der Waals surface area contributed by atoms with Crippen LogP contribution in [0.2, 0.25) is 0 Å². The molecule has 0 bridgehead atoms. The Bertz CT molecular complexity index is 766. The van der Waals surface area contributed by atoms with E-state index in [1.165, 1.54) is 0 Å². The maximum atomic E-state index is 12.7. The molecule has 0 aromatic carbocycles. The summed E-state index contributed by atoms with van der Waals surface area (Å²) >= 11 is 0. The first-order valence-electron chi connectivity index (χ1n) is 8.93. The third-order valence-electron chi connectivity index (χ3n) is 5.49. The van der Waals surface area contributed by atoms with Crippen LogP contribution < -0.4 is 0 Å². The van der Waals surface area contributed by atoms with Crippen molar-refractivity contribution in [1.82, 2.24) is 34.3 Å². The molecule has 2 aliphatic rings. The third-order valence-corrected chi connectivity index (χ3v) is 5.49. The van der Waals surface area contributed by atoms with Gasteiger partial charge in [0.2, 0.25) is 0 Å². The molecule has 0 aliphatic carbocycles. The van der Waals surface area contributed by atoms with Crippen molar-refractivity contribution in [2.75, 3.05) is 26.7 Å². The molecule has 1 fully saturated rings. The van der Waals surface area contributed by atoms with E-state index in [0.29, 0.717) is 24.7 Å². The lowest BCUT2D eigenvalue weighted by atomic mass is 9.96. The van der Waals surface area contributed by atoms with E-state index in [4.69, 9.17) is 0 Å². The van der Waals surface area contributed by atoms with E-state index in [1.807, 2.05) is 24.9 Å². The Hall–Kier alpha value is -2.22. The Morgan fingerprint density at radius 1 is 1.12 bits per heavy atom. The molecule has 0 unspecified atom stereocenters. The highest BCUT2D eigenvalue weighted by Gasteiger charge is 2.30. The minimum absolute atomic E-state index is 0.0289. The number of hydrogen-bond donors (Lipinski definition) is 0. The Kier molecular flexibility index (Phi) is 4.07. The molecule has 134 valence electrons. The van der Waals surface area contributed by atoms with Crippen LogP contribution in [0.5, 0.6) is 0 Å². The average molecular weight is 343 g/mol. The maximum Gasteiger partial charge on any atom is 0.274 e. The van der Waals surface area contributed by atoms with Crippen molar-refractivity contribution in [2.24, 2.45) is 7.05 Å². The summed E-state index contributed by atoms with van der Waals surface area (Å²) in [6, 6.07) is 1.84.